The van der Waals surface area contributed by atoms with Gasteiger partial charge in [-0.05, 0) is 6.07 Å². The summed E-state index contributed by atoms with van der Waals surface area (Å²) in [6.07, 6.45) is 0. The van der Waals surface area contributed by atoms with Crippen molar-refractivity contribution in [3.63, 3.8) is 0 Å². The Hall–Kier alpha value is -2.24. The van der Waals surface area contributed by atoms with Crippen LogP contribution < -0.4 is 9.64 Å². The minimum Gasteiger partial charge on any atom is -0.468 e. The van der Waals surface area contributed by atoms with Crippen LogP contribution in [0.25, 0.3) is 21.5 Å². The average molecular weight is 469 g/mol. The molecular formula is C16H13Cl2F3N4O3S. The molecule has 0 atom stereocenters. The molecule has 0 bridgehead atoms. The van der Waals surface area contributed by atoms with Crippen LogP contribution in [0.2, 0.25) is 10.0 Å². The van der Waals surface area contributed by atoms with Crippen LogP contribution in [0.15, 0.2) is 6.07 Å². The van der Waals surface area contributed by atoms with Crippen molar-refractivity contribution in [3.05, 3.63) is 21.9 Å². The largest absolute Gasteiger partial charge is 0.468 e. The van der Waals surface area contributed by atoms with Crippen molar-refractivity contribution in [2.24, 2.45) is 7.05 Å². The highest BCUT2D eigenvalue weighted by molar-refractivity contribution is 7.22. The fourth-order valence-electron chi connectivity index (χ4n) is 2.56. The van der Waals surface area contributed by atoms with Gasteiger partial charge in [0.2, 0.25) is 5.88 Å². The minimum atomic E-state index is -3.13. The van der Waals surface area contributed by atoms with Crippen LogP contribution in [0.3, 0.4) is 0 Å². The van der Waals surface area contributed by atoms with Crippen molar-refractivity contribution >= 4 is 55.9 Å². The van der Waals surface area contributed by atoms with Crippen LogP contribution >= 0.6 is 34.5 Å². The first-order valence-electron chi connectivity index (χ1n) is 7.88. The van der Waals surface area contributed by atoms with Gasteiger partial charge in [0.05, 0.1) is 22.4 Å². The van der Waals surface area contributed by atoms with Crippen LogP contribution in [0.5, 0.6) is 5.88 Å². The number of halogens is 5. The van der Waals surface area contributed by atoms with Crippen LogP contribution in [0.4, 0.5) is 18.3 Å². The Morgan fingerprint density at radius 3 is 2.72 bits per heavy atom. The predicted molar refractivity (Wildman–Crippen MR) is 104 cm³/mol. The number of aryl methyl sites for hydroxylation is 1. The summed E-state index contributed by atoms with van der Waals surface area (Å²) in [5.41, 5.74) is 0.0805. The van der Waals surface area contributed by atoms with Crippen molar-refractivity contribution in [1.29, 1.82) is 0 Å². The number of anilines is 1. The van der Waals surface area contributed by atoms with E-state index in [0.29, 0.717) is 5.13 Å². The molecule has 1 aromatic carbocycles. The van der Waals surface area contributed by atoms with E-state index in [-0.39, 0.29) is 38.1 Å². The number of hydrogen-bond donors (Lipinski definition) is 0. The summed E-state index contributed by atoms with van der Waals surface area (Å²) in [5, 5.41) is 4.13. The lowest BCUT2D eigenvalue weighted by molar-refractivity contribution is -0.138. The Balaban J connectivity index is 2.18. The van der Waals surface area contributed by atoms with Crippen molar-refractivity contribution in [3.8, 4) is 17.1 Å². The number of methoxy groups -OCH3 is 1. The van der Waals surface area contributed by atoms with Gasteiger partial charge in [0, 0.05) is 14.1 Å². The molecule has 29 heavy (non-hydrogen) atoms. The number of ether oxygens (including phenoxy) is 2. The number of benzene rings is 1. The molecule has 7 nitrogen and oxygen atoms in total. The molecule has 0 fully saturated rings. The zero-order chi connectivity index (χ0) is 21.5. The Labute approximate surface area is 176 Å². The van der Waals surface area contributed by atoms with E-state index in [1.807, 2.05) is 0 Å². The van der Waals surface area contributed by atoms with Gasteiger partial charge in [0.1, 0.15) is 28.6 Å². The van der Waals surface area contributed by atoms with Gasteiger partial charge in [-0.1, -0.05) is 34.5 Å². The van der Waals surface area contributed by atoms with Crippen LogP contribution in [-0.2, 0) is 16.6 Å². The van der Waals surface area contributed by atoms with Crippen LogP contribution in [-0.4, -0.2) is 48.0 Å². The van der Waals surface area contributed by atoms with Crippen LogP contribution in [0.1, 0.15) is 0 Å². The summed E-state index contributed by atoms with van der Waals surface area (Å²) in [6.45, 7) is -3.23. The maximum Gasteiger partial charge on any atom is 0.388 e. The smallest absolute Gasteiger partial charge is 0.388 e. The van der Waals surface area contributed by atoms with E-state index in [2.05, 4.69) is 19.6 Å². The second-order valence-electron chi connectivity index (χ2n) is 5.79. The molecule has 0 spiro atoms. The van der Waals surface area contributed by atoms with Gasteiger partial charge in [-0.25, -0.2) is 14.1 Å². The van der Waals surface area contributed by atoms with Gasteiger partial charge in [0.25, 0.3) is 0 Å². The van der Waals surface area contributed by atoms with Gasteiger partial charge in [-0.3, -0.25) is 4.79 Å². The van der Waals surface area contributed by atoms with E-state index >= 15 is 0 Å². The van der Waals surface area contributed by atoms with E-state index in [0.717, 1.165) is 22.1 Å². The first kappa shape index (κ1) is 21.5. The summed E-state index contributed by atoms with van der Waals surface area (Å²) in [6, 6.07) is 1.03. The van der Waals surface area contributed by atoms with Gasteiger partial charge in [-0.15, -0.1) is 0 Å². The summed E-state index contributed by atoms with van der Waals surface area (Å²) >= 11 is 13.3. The highest BCUT2D eigenvalue weighted by Gasteiger charge is 2.27. The molecule has 0 saturated carbocycles. The summed E-state index contributed by atoms with van der Waals surface area (Å²) < 4.78 is 50.4. The number of aromatic nitrogens is 3. The third kappa shape index (κ3) is 4.07. The highest BCUT2D eigenvalue weighted by atomic mass is 35.5. The number of alkyl halides is 2. The molecule has 0 aliphatic rings. The normalized spacial score (nSPS) is 11.3. The Morgan fingerprint density at radius 1 is 1.41 bits per heavy atom. The van der Waals surface area contributed by atoms with E-state index < -0.39 is 24.3 Å². The Bertz CT molecular complexity index is 1090. The van der Waals surface area contributed by atoms with E-state index in [4.69, 9.17) is 23.2 Å². The van der Waals surface area contributed by atoms with Gasteiger partial charge in [-0.2, -0.15) is 13.9 Å². The number of carbonyl (C=O) groups excluding carboxylic acids is 1. The zero-order valence-electron chi connectivity index (χ0n) is 15.2. The van der Waals surface area contributed by atoms with Gasteiger partial charge < -0.3 is 14.4 Å². The molecule has 2 aromatic heterocycles. The summed E-state index contributed by atoms with van der Waals surface area (Å²) in [4.78, 5) is 17.4. The predicted octanol–water partition coefficient (Wildman–Crippen LogP) is 4.35. The number of likely N-dealkylation sites (N-methyl/N-ethyl adjacent to an activating group) is 1. The minimum absolute atomic E-state index is 0.0336. The van der Waals surface area contributed by atoms with Crippen molar-refractivity contribution < 1.29 is 27.4 Å². The molecule has 0 saturated heterocycles. The van der Waals surface area contributed by atoms with Gasteiger partial charge in [0.15, 0.2) is 5.13 Å². The lowest BCUT2D eigenvalue weighted by atomic mass is 10.1. The van der Waals surface area contributed by atoms with Gasteiger partial charge >= 0.3 is 12.6 Å². The third-order valence-electron chi connectivity index (χ3n) is 3.86. The quantitative estimate of drug-likeness (QED) is 0.500. The molecule has 0 N–H and O–H groups in total. The lowest BCUT2D eigenvalue weighted by Crippen LogP contribution is -2.26. The fraction of sp³-hybridized carbons (Fsp3) is 0.312. The van der Waals surface area contributed by atoms with Crippen molar-refractivity contribution in [2.75, 3.05) is 25.6 Å². The first-order valence-corrected chi connectivity index (χ1v) is 9.45. The van der Waals surface area contributed by atoms with Crippen molar-refractivity contribution in [1.82, 2.24) is 14.8 Å². The second-order valence-corrected chi connectivity index (χ2v) is 7.55. The van der Waals surface area contributed by atoms with Crippen molar-refractivity contribution in [2.45, 2.75) is 6.61 Å². The van der Waals surface area contributed by atoms with E-state index in [1.54, 1.807) is 7.05 Å². The molecule has 0 unspecified atom stereocenters. The molecule has 2 heterocycles. The molecule has 0 amide bonds. The molecule has 156 valence electrons. The standard InChI is InChI=1S/C16H13Cl2F3N4O3S/c1-24(5-8(26)27-3)16-22-11-6(17)4-7(19)9(13(11)29-16)12-10(18)14(25(2)23-12)28-15(20)21/h4,15H,5H2,1-3H3. The number of nitrogens with zero attached hydrogens (tertiary/aromatic N) is 4. The molecule has 3 rings (SSSR count). The number of rotatable bonds is 6. The maximum atomic E-state index is 14.8. The highest BCUT2D eigenvalue weighted by Crippen LogP contribution is 2.44. The Kier molecular flexibility index (Phi) is 6.11. The topological polar surface area (TPSA) is 69.5 Å². The van der Waals surface area contributed by atoms with E-state index in [1.165, 1.54) is 19.1 Å². The molecule has 0 aliphatic heterocycles. The SMILES string of the molecule is COC(=O)CN(C)c1nc2c(Cl)cc(F)c(-c3nn(C)c(OC(F)F)c3Cl)c2s1. The molecule has 0 aliphatic carbocycles. The third-order valence-corrected chi connectivity index (χ3v) is 5.67. The fourth-order valence-corrected chi connectivity index (χ4v) is 4.24. The second kappa shape index (κ2) is 8.25. The average Bonchev–Trinajstić information content (AvgIpc) is 3.19. The molecule has 3 aromatic rings. The summed E-state index contributed by atoms with van der Waals surface area (Å²) in [5.74, 6) is -1.67. The molecular weight excluding hydrogens is 456 g/mol. The monoisotopic (exact) mass is 468 g/mol. The zero-order valence-corrected chi connectivity index (χ0v) is 17.5. The first-order chi connectivity index (χ1) is 13.6. The number of esters is 1. The van der Waals surface area contributed by atoms with Crippen LogP contribution in [0, 0.1) is 5.82 Å². The van der Waals surface area contributed by atoms with E-state index in [9.17, 15) is 18.0 Å². The number of thiazole rings is 1. The lowest BCUT2D eigenvalue weighted by Gasteiger charge is -2.13. The number of hydrogen-bond acceptors (Lipinski definition) is 7. The summed E-state index contributed by atoms with van der Waals surface area (Å²) in [7, 11) is 4.18. The maximum absolute atomic E-state index is 14.8. The Morgan fingerprint density at radius 2 is 2.10 bits per heavy atom. The molecule has 0 radical (unpaired) electrons. The number of fused-ring (bicyclic) bond motifs is 1. The molecule has 13 heteroatoms. The number of carbonyl (C=O) groups is 1.